The standard InChI is InChI=1S/C22H20N2O5S/c1-3-14-4-8-16(9-5-14)24-20(26)18(19(25)23-22(24)30)12-15-6-10-17(11-7-15)29-13(2)21(27)28/h4-13H,3H2,1-2H3,(H,27,28)(H,23,25,30)/p-1/b18-12-/t13-/m0/s1. The van der Waals surface area contributed by atoms with E-state index in [2.05, 4.69) is 5.32 Å². The molecule has 1 fully saturated rings. The SMILES string of the molecule is CCc1ccc(N2C(=O)/C(=C\c3ccc(O[C@@H](C)C(=O)[O-])cc3)C(=O)NC2=S)cc1. The number of thiocarbonyl (C=S) groups is 1. The third-order valence-electron chi connectivity index (χ3n) is 4.54. The summed E-state index contributed by atoms with van der Waals surface area (Å²) < 4.78 is 5.22. The van der Waals surface area contributed by atoms with Crippen LogP contribution in [0.2, 0.25) is 0 Å². The molecule has 0 saturated carbocycles. The van der Waals surface area contributed by atoms with Crippen LogP contribution in [0.5, 0.6) is 5.75 Å². The van der Waals surface area contributed by atoms with Crippen molar-refractivity contribution in [3.63, 3.8) is 0 Å². The molecule has 2 aromatic rings. The van der Waals surface area contributed by atoms with Crippen LogP contribution >= 0.6 is 12.2 Å². The molecule has 2 amide bonds. The second-order valence-electron chi connectivity index (χ2n) is 6.63. The largest absolute Gasteiger partial charge is 0.546 e. The van der Waals surface area contributed by atoms with Crippen LogP contribution in [0.1, 0.15) is 25.0 Å². The summed E-state index contributed by atoms with van der Waals surface area (Å²) in [5, 5.41) is 13.3. The molecule has 154 valence electrons. The maximum Gasteiger partial charge on any atom is 0.270 e. The van der Waals surface area contributed by atoms with Gasteiger partial charge in [0, 0.05) is 0 Å². The average molecular weight is 423 g/mol. The number of aliphatic carboxylic acids is 1. The van der Waals surface area contributed by atoms with Gasteiger partial charge >= 0.3 is 0 Å². The Kier molecular flexibility index (Phi) is 6.27. The van der Waals surface area contributed by atoms with Gasteiger partial charge in [-0.25, -0.2) is 0 Å². The minimum atomic E-state index is -1.33. The number of ether oxygens (including phenoxy) is 1. The lowest BCUT2D eigenvalue weighted by atomic mass is 10.1. The molecule has 1 atom stereocenters. The molecule has 3 rings (SSSR count). The van der Waals surface area contributed by atoms with E-state index in [9.17, 15) is 19.5 Å². The van der Waals surface area contributed by atoms with Crippen molar-refractivity contribution in [3.8, 4) is 5.75 Å². The number of nitrogens with one attached hydrogen (secondary N) is 1. The third kappa shape index (κ3) is 4.55. The highest BCUT2D eigenvalue weighted by Gasteiger charge is 2.34. The quantitative estimate of drug-likeness (QED) is 0.431. The van der Waals surface area contributed by atoms with E-state index in [1.165, 1.54) is 17.9 Å². The third-order valence-corrected chi connectivity index (χ3v) is 4.82. The number of carbonyl (C=O) groups excluding carboxylic acids is 3. The predicted molar refractivity (Wildman–Crippen MR) is 114 cm³/mol. The van der Waals surface area contributed by atoms with Crippen molar-refractivity contribution >= 4 is 46.9 Å². The summed E-state index contributed by atoms with van der Waals surface area (Å²) in [7, 11) is 0. The molecule has 1 heterocycles. The van der Waals surface area contributed by atoms with Gasteiger partial charge in [-0.2, -0.15) is 0 Å². The number of hydrogen-bond acceptors (Lipinski definition) is 6. The molecule has 1 N–H and O–H groups in total. The number of nitrogens with zero attached hydrogens (tertiary/aromatic N) is 1. The fourth-order valence-electron chi connectivity index (χ4n) is 2.83. The molecule has 30 heavy (non-hydrogen) atoms. The molecule has 0 aliphatic carbocycles. The lowest BCUT2D eigenvalue weighted by Crippen LogP contribution is -2.54. The molecule has 1 aliphatic heterocycles. The van der Waals surface area contributed by atoms with Gasteiger partial charge in [0.25, 0.3) is 11.8 Å². The Morgan fingerprint density at radius 1 is 1.17 bits per heavy atom. The van der Waals surface area contributed by atoms with Crippen LogP contribution in [0.4, 0.5) is 5.69 Å². The molecule has 0 unspecified atom stereocenters. The van der Waals surface area contributed by atoms with Gasteiger partial charge in [-0.05, 0) is 67.0 Å². The molecular weight excluding hydrogens is 404 g/mol. The monoisotopic (exact) mass is 423 g/mol. The predicted octanol–water partition coefficient (Wildman–Crippen LogP) is 1.60. The topological polar surface area (TPSA) is 98.8 Å². The Hall–Kier alpha value is -3.52. The number of hydrogen-bond donors (Lipinski definition) is 1. The number of amides is 2. The van der Waals surface area contributed by atoms with Gasteiger partial charge < -0.3 is 14.6 Å². The number of aryl methyl sites for hydroxylation is 1. The molecular formula is C22H19N2O5S-. The summed E-state index contributed by atoms with van der Waals surface area (Å²) in [6.07, 6.45) is 1.20. The molecule has 7 nitrogen and oxygen atoms in total. The Labute approximate surface area is 179 Å². The zero-order valence-corrected chi connectivity index (χ0v) is 17.2. The minimum absolute atomic E-state index is 0.0198. The van der Waals surface area contributed by atoms with Gasteiger partial charge in [-0.1, -0.05) is 31.2 Å². The fraction of sp³-hybridized carbons (Fsp3) is 0.182. The van der Waals surface area contributed by atoms with Gasteiger partial charge in [0.1, 0.15) is 17.4 Å². The van der Waals surface area contributed by atoms with E-state index in [1.807, 2.05) is 19.1 Å². The summed E-state index contributed by atoms with van der Waals surface area (Å²) in [6.45, 7) is 3.39. The number of carboxylic acids is 1. The van der Waals surface area contributed by atoms with Gasteiger partial charge in [0.15, 0.2) is 5.11 Å². The lowest BCUT2D eigenvalue weighted by molar-refractivity contribution is -0.312. The first-order valence-corrected chi connectivity index (χ1v) is 9.69. The second-order valence-corrected chi connectivity index (χ2v) is 7.01. The summed E-state index contributed by atoms with van der Waals surface area (Å²) in [4.78, 5) is 37.4. The van der Waals surface area contributed by atoms with E-state index < -0.39 is 23.9 Å². The first kappa shape index (κ1) is 21.2. The van der Waals surface area contributed by atoms with Crippen molar-refractivity contribution < 1.29 is 24.2 Å². The molecule has 0 spiro atoms. The zero-order valence-electron chi connectivity index (χ0n) is 16.4. The Bertz CT molecular complexity index is 1030. The lowest BCUT2D eigenvalue weighted by Gasteiger charge is -2.29. The number of benzene rings is 2. The van der Waals surface area contributed by atoms with Crippen molar-refractivity contribution in [3.05, 3.63) is 65.2 Å². The normalized spacial score (nSPS) is 16.4. The molecule has 8 heteroatoms. The Morgan fingerprint density at radius 2 is 1.80 bits per heavy atom. The second kappa shape index (κ2) is 8.87. The van der Waals surface area contributed by atoms with Gasteiger partial charge in [0.05, 0.1) is 11.7 Å². The average Bonchev–Trinajstić information content (AvgIpc) is 2.72. The maximum absolute atomic E-state index is 13.0. The maximum atomic E-state index is 13.0. The molecule has 0 aromatic heterocycles. The van der Waals surface area contributed by atoms with Crippen LogP contribution in [-0.4, -0.2) is 29.0 Å². The number of anilines is 1. The van der Waals surface area contributed by atoms with Crippen molar-refractivity contribution in [1.29, 1.82) is 0 Å². The minimum Gasteiger partial charge on any atom is -0.546 e. The zero-order chi connectivity index (χ0) is 21.8. The number of carbonyl (C=O) groups is 3. The van der Waals surface area contributed by atoms with Crippen molar-refractivity contribution in [2.45, 2.75) is 26.4 Å². The molecule has 0 bridgehead atoms. The van der Waals surface area contributed by atoms with Crippen LogP contribution in [0.15, 0.2) is 54.1 Å². The summed E-state index contributed by atoms with van der Waals surface area (Å²) in [5.74, 6) is -2.11. The van der Waals surface area contributed by atoms with E-state index >= 15 is 0 Å². The van der Waals surface area contributed by atoms with E-state index in [0.29, 0.717) is 17.0 Å². The van der Waals surface area contributed by atoms with E-state index in [-0.39, 0.29) is 10.7 Å². The highest BCUT2D eigenvalue weighted by Crippen LogP contribution is 2.23. The summed E-state index contributed by atoms with van der Waals surface area (Å²) >= 11 is 5.20. The first-order valence-electron chi connectivity index (χ1n) is 9.28. The van der Waals surface area contributed by atoms with Crippen LogP contribution in [0, 0.1) is 0 Å². The van der Waals surface area contributed by atoms with Crippen molar-refractivity contribution in [1.82, 2.24) is 5.32 Å². The Balaban J connectivity index is 1.85. The van der Waals surface area contributed by atoms with Gasteiger partial charge in [-0.15, -0.1) is 0 Å². The highest BCUT2D eigenvalue weighted by molar-refractivity contribution is 7.80. The van der Waals surface area contributed by atoms with Crippen molar-refractivity contribution in [2.75, 3.05) is 4.90 Å². The summed E-state index contributed by atoms with van der Waals surface area (Å²) in [6, 6.07) is 13.7. The van der Waals surface area contributed by atoms with Crippen LogP contribution in [0.3, 0.4) is 0 Å². The molecule has 1 saturated heterocycles. The highest BCUT2D eigenvalue weighted by atomic mass is 32.1. The molecule has 2 aromatic carbocycles. The number of rotatable bonds is 6. The van der Waals surface area contributed by atoms with Gasteiger partial charge in [0.2, 0.25) is 0 Å². The smallest absolute Gasteiger partial charge is 0.270 e. The first-order chi connectivity index (χ1) is 14.3. The van der Waals surface area contributed by atoms with Gasteiger partial charge in [-0.3, -0.25) is 19.8 Å². The van der Waals surface area contributed by atoms with Crippen LogP contribution in [-0.2, 0) is 20.8 Å². The fourth-order valence-corrected chi connectivity index (χ4v) is 3.12. The summed E-state index contributed by atoms with van der Waals surface area (Å²) in [5.41, 5.74) is 2.17. The molecule has 0 radical (unpaired) electrons. The van der Waals surface area contributed by atoms with Crippen LogP contribution in [0.25, 0.3) is 6.08 Å². The van der Waals surface area contributed by atoms with E-state index in [1.54, 1.807) is 36.4 Å². The number of carboxylic acid groups (broad SMARTS) is 1. The van der Waals surface area contributed by atoms with Crippen LogP contribution < -0.4 is 20.1 Å². The van der Waals surface area contributed by atoms with Crippen molar-refractivity contribution in [2.24, 2.45) is 0 Å². The van der Waals surface area contributed by atoms with E-state index in [0.717, 1.165) is 12.0 Å². The Morgan fingerprint density at radius 3 is 2.37 bits per heavy atom. The molecule has 1 aliphatic rings. The van der Waals surface area contributed by atoms with E-state index in [4.69, 9.17) is 17.0 Å².